The molecule has 1 N–H and O–H groups in total. The molecule has 1 aliphatic rings. The third-order valence-corrected chi connectivity index (χ3v) is 8.47. The number of hydrogen-bond acceptors (Lipinski definition) is 5. The van der Waals surface area contributed by atoms with Gasteiger partial charge in [-0.1, -0.05) is 41.8 Å². The second kappa shape index (κ2) is 12.7. The maximum absolute atomic E-state index is 13.8. The fourth-order valence-corrected chi connectivity index (χ4v) is 5.97. The molecule has 1 heterocycles. The lowest BCUT2D eigenvalue weighted by molar-refractivity contribution is 0.235. The Labute approximate surface area is 223 Å². The van der Waals surface area contributed by atoms with Crippen LogP contribution < -0.4 is 14.4 Å². The molecule has 1 aliphatic heterocycles. The Morgan fingerprint density at radius 2 is 1.50 bits per heavy atom. The minimum absolute atomic E-state index is 0.214. The predicted molar refractivity (Wildman–Crippen MR) is 148 cm³/mol. The van der Waals surface area contributed by atoms with Gasteiger partial charge in [-0.3, -0.25) is 4.31 Å². The summed E-state index contributed by atoms with van der Waals surface area (Å²) in [5, 5.41) is 4.50. The molecule has 0 unspecified atom stereocenters. The minimum Gasteiger partial charge on any atom is -0.492 e. The van der Waals surface area contributed by atoms with Crippen LogP contribution in [0.4, 0.5) is 11.4 Å². The van der Waals surface area contributed by atoms with E-state index in [1.165, 1.54) is 10.7 Å². The number of ether oxygens (including phenoxy) is 1. The fourth-order valence-electron chi connectivity index (χ4n) is 4.25. The van der Waals surface area contributed by atoms with E-state index in [4.69, 9.17) is 27.9 Å². The van der Waals surface area contributed by atoms with Gasteiger partial charge in [0.2, 0.25) is 0 Å². The van der Waals surface area contributed by atoms with Crippen LogP contribution >= 0.6 is 23.2 Å². The lowest BCUT2D eigenvalue weighted by atomic mass is 10.1. The molecule has 0 amide bonds. The Bertz CT molecular complexity index is 1220. The summed E-state index contributed by atoms with van der Waals surface area (Å²) in [5.41, 5.74) is 1.34. The van der Waals surface area contributed by atoms with Crippen LogP contribution in [0.5, 0.6) is 5.75 Å². The van der Waals surface area contributed by atoms with Crippen molar-refractivity contribution in [2.45, 2.75) is 24.2 Å². The van der Waals surface area contributed by atoms with Gasteiger partial charge in [0.25, 0.3) is 10.0 Å². The van der Waals surface area contributed by atoms with Crippen molar-refractivity contribution in [3.8, 4) is 5.75 Å². The minimum atomic E-state index is -3.81. The first-order chi connectivity index (χ1) is 17.4. The highest BCUT2D eigenvalue weighted by atomic mass is 35.5. The lowest BCUT2D eigenvalue weighted by Gasteiger charge is -2.31. The van der Waals surface area contributed by atoms with Gasteiger partial charge in [0.15, 0.2) is 0 Å². The first kappa shape index (κ1) is 26.6. The summed E-state index contributed by atoms with van der Waals surface area (Å²) in [5.74, 6) is 0.725. The van der Waals surface area contributed by atoms with E-state index in [0.29, 0.717) is 42.0 Å². The maximum atomic E-state index is 13.8. The van der Waals surface area contributed by atoms with E-state index in [1.807, 2.05) is 36.4 Å². The van der Waals surface area contributed by atoms with Crippen molar-refractivity contribution in [3.63, 3.8) is 0 Å². The van der Waals surface area contributed by atoms with Crippen molar-refractivity contribution in [3.05, 3.63) is 82.8 Å². The summed E-state index contributed by atoms with van der Waals surface area (Å²) in [6.07, 6.45) is 3.53. The average molecular weight is 549 g/mol. The third-order valence-electron chi connectivity index (χ3n) is 6.14. The van der Waals surface area contributed by atoms with E-state index in [0.717, 1.165) is 37.4 Å². The molecule has 192 valence electrons. The van der Waals surface area contributed by atoms with Crippen LogP contribution in [0.25, 0.3) is 0 Å². The molecule has 3 aromatic carbocycles. The normalized spacial score (nSPS) is 14.4. The van der Waals surface area contributed by atoms with Crippen molar-refractivity contribution < 1.29 is 13.2 Å². The monoisotopic (exact) mass is 547 g/mol. The molecule has 9 heteroatoms. The number of nitrogens with zero attached hydrogens (tertiary/aromatic N) is 2. The number of anilines is 2. The van der Waals surface area contributed by atoms with Gasteiger partial charge in [-0.15, -0.1) is 0 Å². The average Bonchev–Trinajstić information content (AvgIpc) is 2.89. The molecule has 1 saturated heterocycles. The van der Waals surface area contributed by atoms with Gasteiger partial charge in [-0.05, 0) is 86.6 Å². The van der Waals surface area contributed by atoms with Crippen LogP contribution in [-0.2, 0) is 10.0 Å². The highest BCUT2D eigenvalue weighted by molar-refractivity contribution is 7.92. The Morgan fingerprint density at radius 3 is 2.19 bits per heavy atom. The molecule has 0 aliphatic carbocycles. The highest BCUT2D eigenvalue weighted by Crippen LogP contribution is 2.31. The summed E-state index contributed by atoms with van der Waals surface area (Å²) >= 11 is 12.0. The van der Waals surface area contributed by atoms with Crippen molar-refractivity contribution in [1.29, 1.82) is 0 Å². The molecular weight excluding hydrogens is 517 g/mol. The molecule has 0 spiro atoms. The Hall–Kier alpha value is -2.45. The van der Waals surface area contributed by atoms with Crippen molar-refractivity contribution in [2.75, 3.05) is 49.0 Å². The van der Waals surface area contributed by atoms with E-state index < -0.39 is 10.0 Å². The van der Waals surface area contributed by atoms with Crippen molar-refractivity contribution in [1.82, 2.24) is 4.90 Å². The number of benzene rings is 3. The molecule has 4 rings (SSSR count). The van der Waals surface area contributed by atoms with Crippen LogP contribution in [-0.4, -0.2) is 52.6 Å². The molecule has 0 aromatic heterocycles. The lowest BCUT2D eigenvalue weighted by Crippen LogP contribution is -2.41. The molecule has 3 aromatic rings. The number of hydrogen-bond donors (Lipinski definition) is 1. The summed E-state index contributed by atoms with van der Waals surface area (Å²) in [4.78, 5) is 2.55. The van der Waals surface area contributed by atoms with Crippen molar-refractivity contribution >= 4 is 44.6 Å². The van der Waals surface area contributed by atoms with Crippen LogP contribution in [0.3, 0.4) is 0 Å². The van der Waals surface area contributed by atoms with Gasteiger partial charge < -0.3 is 15.0 Å². The molecule has 0 radical (unpaired) electrons. The number of piperidine rings is 1. The largest absolute Gasteiger partial charge is 0.492 e. The zero-order valence-electron chi connectivity index (χ0n) is 20.1. The molecule has 36 heavy (non-hydrogen) atoms. The Morgan fingerprint density at radius 1 is 0.861 bits per heavy atom. The smallest absolute Gasteiger partial charge is 0.264 e. The van der Waals surface area contributed by atoms with E-state index in [9.17, 15) is 8.42 Å². The molecule has 6 nitrogen and oxygen atoms in total. The molecule has 0 bridgehead atoms. The quantitative estimate of drug-likeness (QED) is 0.291. The standard InChI is InChI=1S/C27H31Cl2N3O3S/c28-22-8-12-24(13-9-22)35-21-16-30-26-6-2-3-7-27(26)32(20-19-31-17-4-1-5-18-31)36(33,34)25-14-10-23(29)11-15-25/h2-3,6-15,30H,1,4-5,16-21H2. The van der Waals surface area contributed by atoms with Crippen LogP contribution in [0, 0.1) is 0 Å². The zero-order chi connectivity index (χ0) is 25.4. The zero-order valence-corrected chi connectivity index (χ0v) is 22.4. The van der Waals surface area contributed by atoms with Gasteiger partial charge in [-0.2, -0.15) is 0 Å². The predicted octanol–water partition coefficient (Wildman–Crippen LogP) is 6.17. The summed E-state index contributed by atoms with van der Waals surface area (Å²) < 4.78 is 34.9. The first-order valence-electron chi connectivity index (χ1n) is 12.2. The number of halogens is 2. The van der Waals surface area contributed by atoms with E-state index in [2.05, 4.69) is 10.2 Å². The van der Waals surface area contributed by atoms with Gasteiger partial charge >= 0.3 is 0 Å². The van der Waals surface area contributed by atoms with Crippen LogP contribution in [0.1, 0.15) is 19.3 Å². The molecule has 0 atom stereocenters. The van der Waals surface area contributed by atoms with Gasteiger partial charge in [0.05, 0.1) is 16.3 Å². The fraction of sp³-hybridized carbons (Fsp3) is 0.333. The van der Waals surface area contributed by atoms with Gasteiger partial charge in [-0.25, -0.2) is 8.42 Å². The molecular formula is C27H31Cl2N3O3S. The summed E-state index contributed by atoms with van der Waals surface area (Å²) in [7, 11) is -3.81. The molecule has 1 fully saturated rings. The second-order valence-corrected chi connectivity index (χ2v) is 11.4. The molecule has 0 saturated carbocycles. The number of likely N-dealkylation sites (tertiary alicyclic amines) is 1. The van der Waals surface area contributed by atoms with Gasteiger partial charge in [0, 0.05) is 29.7 Å². The van der Waals surface area contributed by atoms with Crippen LogP contribution in [0.15, 0.2) is 77.7 Å². The third kappa shape index (κ3) is 7.07. The number of sulfonamides is 1. The Kier molecular flexibility index (Phi) is 9.37. The topological polar surface area (TPSA) is 61.9 Å². The van der Waals surface area contributed by atoms with Crippen LogP contribution in [0.2, 0.25) is 10.0 Å². The number of para-hydroxylation sites is 2. The number of rotatable bonds is 11. The van der Waals surface area contributed by atoms with E-state index in [1.54, 1.807) is 36.4 Å². The van der Waals surface area contributed by atoms with Crippen molar-refractivity contribution in [2.24, 2.45) is 0 Å². The highest BCUT2D eigenvalue weighted by Gasteiger charge is 2.27. The Balaban J connectivity index is 1.53. The SMILES string of the molecule is O=S(=O)(c1ccc(Cl)cc1)N(CCN1CCCCC1)c1ccccc1NCCOc1ccc(Cl)cc1. The van der Waals surface area contributed by atoms with E-state index >= 15 is 0 Å². The second-order valence-electron chi connectivity index (χ2n) is 8.68. The van der Waals surface area contributed by atoms with E-state index in [-0.39, 0.29) is 4.90 Å². The first-order valence-corrected chi connectivity index (χ1v) is 14.3. The number of nitrogens with one attached hydrogen (secondary N) is 1. The van der Waals surface area contributed by atoms with Gasteiger partial charge in [0.1, 0.15) is 12.4 Å². The maximum Gasteiger partial charge on any atom is 0.264 e. The summed E-state index contributed by atoms with van der Waals surface area (Å²) in [6.45, 7) is 3.92. The summed E-state index contributed by atoms with van der Waals surface area (Å²) in [6, 6.07) is 21.0.